The largest absolute Gasteiger partial charge is 0.467 e. The zero-order valence-corrected chi connectivity index (χ0v) is 18.5. The van der Waals surface area contributed by atoms with Gasteiger partial charge in [-0.25, -0.2) is 13.4 Å². The number of carbonyl (C=O) groups is 1. The van der Waals surface area contributed by atoms with E-state index in [1.165, 1.54) is 28.7 Å². The van der Waals surface area contributed by atoms with E-state index >= 15 is 0 Å². The number of hydrogen-bond donors (Lipinski definition) is 0. The van der Waals surface area contributed by atoms with E-state index in [1.54, 1.807) is 41.5 Å². The number of anilines is 1. The molecule has 0 N–H and O–H groups in total. The van der Waals surface area contributed by atoms with Gasteiger partial charge in [-0.2, -0.15) is 0 Å². The molecular weight excluding hydrogens is 484 g/mol. The third kappa shape index (κ3) is 3.90. The lowest BCUT2D eigenvalue weighted by atomic mass is 10.3. The monoisotopic (exact) mass is 496 g/mol. The third-order valence-electron chi connectivity index (χ3n) is 3.93. The molecule has 4 rings (SSSR count). The Hall–Kier alpha value is -2.01. The van der Waals surface area contributed by atoms with Gasteiger partial charge in [-0.15, -0.1) is 11.3 Å². The number of carbonyl (C=O) groups excluding carboxylic acids is 1. The van der Waals surface area contributed by atoms with E-state index in [-0.39, 0.29) is 17.3 Å². The van der Waals surface area contributed by atoms with Gasteiger partial charge in [0.05, 0.1) is 36.6 Å². The van der Waals surface area contributed by atoms with E-state index < -0.39 is 9.84 Å². The Morgan fingerprint density at radius 1 is 1.21 bits per heavy atom. The van der Waals surface area contributed by atoms with E-state index in [4.69, 9.17) is 4.42 Å². The number of sulfone groups is 1. The summed E-state index contributed by atoms with van der Waals surface area (Å²) in [5.41, 5.74) is 0.636. The summed E-state index contributed by atoms with van der Waals surface area (Å²) < 4.78 is 30.6. The molecule has 1 amide bonds. The second kappa shape index (κ2) is 7.43. The van der Waals surface area contributed by atoms with Crippen LogP contribution in [0.2, 0.25) is 0 Å². The fourth-order valence-corrected chi connectivity index (χ4v) is 5.65. The number of fused-ring (bicyclic) bond motifs is 1. The molecule has 0 bridgehead atoms. The highest BCUT2D eigenvalue weighted by atomic mass is 79.9. The molecule has 0 saturated carbocycles. The Morgan fingerprint density at radius 3 is 2.68 bits per heavy atom. The van der Waals surface area contributed by atoms with Crippen molar-refractivity contribution in [2.24, 2.45) is 0 Å². The van der Waals surface area contributed by atoms with Gasteiger partial charge in [-0.05, 0) is 58.4 Å². The molecule has 0 aliphatic rings. The number of aromatic nitrogens is 1. The molecule has 3 heterocycles. The maximum absolute atomic E-state index is 13.1. The molecule has 0 spiro atoms. The molecule has 3 aromatic heterocycles. The van der Waals surface area contributed by atoms with Gasteiger partial charge in [0.1, 0.15) is 5.76 Å². The van der Waals surface area contributed by atoms with Crippen molar-refractivity contribution in [3.05, 3.63) is 63.2 Å². The van der Waals surface area contributed by atoms with Gasteiger partial charge in [-0.1, -0.05) is 11.3 Å². The highest BCUT2D eigenvalue weighted by Gasteiger charge is 2.24. The average Bonchev–Trinajstić information content (AvgIpc) is 3.38. The minimum atomic E-state index is -3.32. The predicted octanol–water partition coefficient (Wildman–Crippen LogP) is 4.96. The van der Waals surface area contributed by atoms with Crippen LogP contribution in [0, 0.1) is 0 Å². The summed E-state index contributed by atoms with van der Waals surface area (Å²) >= 11 is 5.99. The zero-order valence-electron chi connectivity index (χ0n) is 14.5. The molecule has 0 saturated heterocycles. The van der Waals surface area contributed by atoms with Crippen molar-refractivity contribution in [2.45, 2.75) is 11.4 Å². The number of thiazole rings is 1. The van der Waals surface area contributed by atoms with Gasteiger partial charge in [0.2, 0.25) is 0 Å². The van der Waals surface area contributed by atoms with Gasteiger partial charge < -0.3 is 4.42 Å². The molecular formula is C18H13BrN2O4S3. The lowest BCUT2D eigenvalue weighted by Crippen LogP contribution is -2.29. The first-order valence-corrected chi connectivity index (χ1v) is 12.3. The SMILES string of the molecule is CS(=O)(=O)c1ccc2nc(N(Cc3ccco3)C(=O)c3ccc(Br)s3)sc2c1. The third-order valence-corrected chi connectivity index (χ3v) is 7.69. The maximum atomic E-state index is 13.1. The Kier molecular flexibility index (Phi) is 5.13. The van der Waals surface area contributed by atoms with Crippen LogP contribution in [-0.2, 0) is 16.4 Å². The van der Waals surface area contributed by atoms with Crippen LogP contribution in [0.4, 0.5) is 5.13 Å². The van der Waals surface area contributed by atoms with Crippen LogP contribution in [0.5, 0.6) is 0 Å². The minimum Gasteiger partial charge on any atom is -0.467 e. The Morgan fingerprint density at radius 2 is 2.04 bits per heavy atom. The van der Waals surface area contributed by atoms with E-state index in [9.17, 15) is 13.2 Å². The van der Waals surface area contributed by atoms with Crippen molar-refractivity contribution >= 4 is 69.7 Å². The van der Waals surface area contributed by atoms with Crippen LogP contribution >= 0.6 is 38.6 Å². The first-order valence-electron chi connectivity index (χ1n) is 8.01. The number of furan rings is 1. The first-order chi connectivity index (χ1) is 13.3. The molecule has 0 atom stereocenters. The molecule has 4 aromatic rings. The van der Waals surface area contributed by atoms with Crippen LogP contribution in [0.1, 0.15) is 15.4 Å². The van der Waals surface area contributed by atoms with E-state index in [0.29, 0.717) is 26.0 Å². The summed E-state index contributed by atoms with van der Waals surface area (Å²) in [7, 11) is -3.32. The van der Waals surface area contributed by atoms with Crippen LogP contribution in [0.15, 0.2) is 61.8 Å². The molecule has 1 aromatic carbocycles. The summed E-state index contributed by atoms with van der Waals surface area (Å²) in [6.07, 6.45) is 2.72. The number of amides is 1. The molecule has 144 valence electrons. The van der Waals surface area contributed by atoms with Crippen LogP contribution in [0.3, 0.4) is 0 Å². The summed E-state index contributed by atoms with van der Waals surface area (Å²) in [6, 6.07) is 11.9. The van der Waals surface area contributed by atoms with Gasteiger partial charge in [0.15, 0.2) is 15.0 Å². The molecule has 6 nitrogen and oxygen atoms in total. The molecule has 0 aliphatic heterocycles. The van der Waals surface area contributed by atoms with Crippen molar-refractivity contribution in [1.29, 1.82) is 0 Å². The normalized spacial score (nSPS) is 11.8. The molecule has 0 unspecified atom stereocenters. The number of nitrogens with zero attached hydrogens (tertiary/aromatic N) is 2. The smallest absolute Gasteiger partial charge is 0.270 e. The standard InChI is InChI=1S/C18H13BrN2O4S3/c1-28(23,24)12-4-5-13-15(9-12)27-18(20-13)21(10-11-3-2-8-25-11)17(22)14-6-7-16(19)26-14/h2-9H,10H2,1H3. The summed E-state index contributed by atoms with van der Waals surface area (Å²) in [5.74, 6) is 0.426. The summed E-state index contributed by atoms with van der Waals surface area (Å²) in [6.45, 7) is 0.222. The molecule has 0 aliphatic carbocycles. The fraction of sp³-hybridized carbons (Fsp3) is 0.111. The van der Waals surface area contributed by atoms with Gasteiger partial charge in [0, 0.05) is 6.26 Å². The van der Waals surface area contributed by atoms with Crippen molar-refractivity contribution in [3.8, 4) is 0 Å². The Balaban J connectivity index is 1.78. The van der Waals surface area contributed by atoms with E-state index in [1.807, 2.05) is 6.07 Å². The topological polar surface area (TPSA) is 80.5 Å². The quantitative estimate of drug-likeness (QED) is 0.389. The van der Waals surface area contributed by atoms with E-state index in [0.717, 1.165) is 10.0 Å². The van der Waals surface area contributed by atoms with Gasteiger partial charge >= 0.3 is 0 Å². The van der Waals surface area contributed by atoms with Gasteiger partial charge in [-0.3, -0.25) is 9.69 Å². The second-order valence-corrected chi connectivity index (χ2v) is 11.5. The Labute approximate surface area is 177 Å². The van der Waals surface area contributed by atoms with Crippen LogP contribution < -0.4 is 4.90 Å². The van der Waals surface area contributed by atoms with Crippen molar-refractivity contribution in [2.75, 3.05) is 11.2 Å². The van der Waals surface area contributed by atoms with Crippen molar-refractivity contribution in [3.63, 3.8) is 0 Å². The average molecular weight is 497 g/mol. The highest BCUT2D eigenvalue weighted by Crippen LogP contribution is 2.33. The summed E-state index contributed by atoms with van der Waals surface area (Å²) in [4.78, 5) is 20.0. The minimum absolute atomic E-state index is 0.200. The number of hydrogen-bond acceptors (Lipinski definition) is 7. The lowest BCUT2D eigenvalue weighted by molar-refractivity contribution is 0.0987. The van der Waals surface area contributed by atoms with E-state index in [2.05, 4.69) is 20.9 Å². The highest BCUT2D eigenvalue weighted by molar-refractivity contribution is 9.11. The predicted molar refractivity (Wildman–Crippen MR) is 114 cm³/mol. The summed E-state index contributed by atoms with van der Waals surface area (Å²) in [5, 5.41) is 0.478. The first kappa shape index (κ1) is 19.3. The Bertz CT molecular complexity index is 1260. The van der Waals surface area contributed by atoms with Crippen LogP contribution in [0.25, 0.3) is 10.2 Å². The number of rotatable bonds is 5. The fourth-order valence-electron chi connectivity index (χ4n) is 2.59. The molecule has 0 radical (unpaired) electrons. The van der Waals surface area contributed by atoms with Crippen molar-refractivity contribution in [1.82, 2.24) is 4.98 Å². The number of halogens is 1. The maximum Gasteiger partial charge on any atom is 0.270 e. The van der Waals surface area contributed by atoms with Crippen LogP contribution in [-0.4, -0.2) is 25.6 Å². The number of benzene rings is 1. The lowest BCUT2D eigenvalue weighted by Gasteiger charge is -2.17. The molecule has 28 heavy (non-hydrogen) atoms. The molecule has 10 heteroatoms. The van der Waals surface area contributed by atoms with Gasteiger partial charge in [0.25, 0.3) is 5.91 Å². The molecule has 0 fully saturated rings. The zero-order chi connectivity index (χ0) is 19.9. The second-order valence-electron chi connectivity index (χ2n) is 5.97. The number of thiophene rings is 1. The van der Waals surface area contributed by atoms with Crippen molar-refractivity contribution < 1.29 is 17.6 Å².